The molecular weight excluding hydrogens is 372 g/mol. The van der Waals surface area contributed by atoms with Crippen molar-refractivity contribution in [3.8, 4) is 0 Å². The molecular formula is C20H26N6O3. The Morgan fingerprint density at radius 1 is 1.24 bits per heavy atom. The zero-order chi connectivity index (χ0) is 20.8. The van der Waals surface area contributed by atoms with E-state index in [1.165, 1.54) is 4.90 Å². The van der Waals surface area contributed by atoms with Gasteiger partial charge in [0.25, 0.3) is 5.91 Å². The quantitative estimate of drug-likeness (QED) is 0.557. The monoisotopic (exact) mass is 398 g/mol. The van der Waals surface area contributed by atoms with Crippen LogP contribution in [0.1, 0.15) is 38.1 Å². The molecule has 3 rings (SSSR count). The molecule has 2 heterocycles. The van der Waals surface area contributed by atoms with Crippen molar-refractivity contribution >= 4 is 23.8 Å². The standard InChI is InChI=1S/C20H26N6O3/c1-13(2)12-16-22-19(25-24-16)23-17(27)9-8-15-18(28)26(20(29)21-15)11-10-14-6-4-3-5-7-14/h3-7,13,15H,8-12H2,1-2H3,(H,21,29)(H2,22,23,24,25,27)/t15-/m0/s1. The second-order valence-electron chi connectivity index (χ2n) is 7.52. The fourth-order valence-corrected chi connectivity index (χ4v) is 3.16. The molecule has 1 aliphatic heterocycles. The Morgan fingerprint density at radius 2 is 2.00 bits per heavy atom. The highest BCUT2D eigenvalue weighted by molar-refractivity contribution is 6.04. The second kappa shape index (κ2) is 9.31. The van der Waals surface area contributed by atoms with Crippen molar-refractivity contribution in [3.05, 3.63) is 41.7 Å². The fourth-order valence-electron chi connectivity index (χ4n) is 3.16. The van der Waals surface area contributed by atoms with E-state index in [1.807, 2.05) is 30.3 Å². The van der Waals surface area contributed by atoms with Crippen LogP contribution in [-0.2, 0) is 22.4 Å². The highest BCUT2D eigenvalue weighted by atomic mass is 16.2. The van der Waals surface area contributed by atoms with Crippen molar-refractivity contribution in [1.82, 2.24) is 25.4 Å². The SMILES string of the molecule is CC(C)Cc1nc(NC(=O)CC[C@@H]2NC(=O)N(CCc3ccccc3)C2=O)n[nH]1. The summed E-state index contributed by atoms with van der Waals surface area (Å²) < 4.78 is 0. The van der Waals surface area contributed by atoms with Crippen LogP contribution in [0.4, 0.5) is 10.7 Å². The molecule has 1 aliphatic rings. The summed E-state index contributed by atoms with van der Waals surface area (Å²) in [6.45, 7) is 4.45. The van der Waals surface area contributed by atoms with Gasteiger partial charge in [-0.2, -0.15) is 4.98 Å². The van der Waals surface area contributed by atoms with Crippen molar-refractivity contribution in [2.24, 2.45) is 5.92 Å². The molecule has 1 atom stereocenters. The molecule has 2 aromatic rings. The van der Waals surface area contributed by atoms with E-state index in [0.29, 0.717) is 24.7 Å². The van der Waals surface area contributed by atoms with Gasteiger partial charge in [-0.1, -0.05) is 44.2 Å². The normalized spacial score (nSPS) is 16.4. The number of carbonyl (C=O) groups is 3. The number of aromatic nitrogens is 3. The maximum Gasteiger partial charge on any atom is 0.324 e. The lowest BCUT2D eigenvalue weighted by Gasteiger charge is -2.12. The van der Waals surface area contributed by atoms with E-state index in [9.17, 15) is 14.4 Å². The van der Waals surface area contributed by atoms with E-state index in [-0.39, 0.29) is 30.6 Å². The lowest BCUT2D eigenvalue weighted by Crippen LogP contribution is -2.33. The number of carbonyl (C=O) groups excluding carboxylic acids is 3. The van der Waals surface area contributed by atoms with Crippen LogP contribution in [0.15, 0.2) is 30.3 Å². The second-order valence-corrected chi connectivity index (χ2v) is 7.52. The third kappa shape index (κ3) is 5.63. The number of hydrogen-bond donors (Lipinski definition) is 3. The third-order valence-electron chi connectivity index (χ3n) is 4.62. The van der Waals surface area contributed by atoms with Gasteiger partial charge in [0.05, 0.1) is 0 Å². The number of urea groups is 1. The fraction of sp³-hybridized carbons (Fsp3) is 0.450. The highest BCUT2D eigenvalue weighted by Crippen LogP contribution is 2.13. The molecule has 4 amide bonds. The average molecular weight is 398 g/mol. The van der Waals surface area contributed by atoms with Crippen LogP contribution in [0.2, 0.25) is 0 Å². The lowest BCUT2D eigenvalue weighted by molar-refractivity contribution is -0.127. The number of H-pyrrole nitrogens is 1. The maximum absolute atomic E-state index is 12.5. The molecule has 0 aliphatic carbocycles. The van der Waals surface area contributed by atoms with Crippen LogP contribution in [0.25, 0.3) is 0 Å². The van der Waals surface area contributed by atoms with Crippen LogP contribution in [0.3, 0.4) is 0 Å². The summed E-state index contributed by atoms with van der Waals surface area (Å²) in [5, 5.41) is 12.0. The molecule has 9 heteroatoms. The summed E-state index contributed by atoms with van der Waals surface area (Å²) in [4.78, 5) is 42.2. The number of anilines is 1. The predicted octanol–water partition coefficient (Wildman–Crippen LogP) is 1.88. The van der Waals surface area contributed by atoms with Gasteiger partial charge < -0.3 is 5.32 Å². The molecule has 0 bridgehead atoms. The molecule has 154 valence electrons. The first kappa shape index (κ1) is 20.5. The molecule has 3 N–H and O–H groups in total. The molecule has 0 unspecified atom stereocenters. The molecule has 0 spiro atoms. The lowest BCUT2D eigenvalue weighted by atomic mass is 10.1. The Hall–Kier alpha value is -3.23. The summed E-state index contributed by atoms with van der Waals surface area (Å²) >= 11 is 0. The van der Waals surface area contributed by atoms with Crippen LogP contribution < -0.4 is 10.6 Å². The van der Waals surface area contributed by atoms with Gasteiger partial charge in [0.1, 0.15) is 11.9 Å². The minimum Gasteiger partial charge on any atom is -0.326 e. The number of imide groups is 1. The topological polar surface area (TPSA) is 120 Å². The van der Waals surface area contributed by atoms with Crippen molar-refractivity contribution < 1.29 is 14.4 Å². The molecule has 1 saturated heterocycles. The maximum atomic E-state index is 12.5. The van der Waals surface area contributed by atoms with Gasteiger partial charge in [-0.05, 0) is 24.3 Å². The number of hydrogen-bond acceptors (Lipinski definition) is 5. The van der Waals surface area contributed by atoms with Gasteiger partial charge in [-0.25, -0.2) is 4.79 Å². The Morgan fingerprint density at radius 3 is 2.72 bits per heavy atom. The van der Waals surface area contributed by atoms with E-state index < -0.39 is 12.1 Å². The van der Waals surface area contributed by atoms with Gasteiger partial charge in [0.15, 0.2) is 0 Å². The Bertz CT molecular complexity index is 864. The van der Waals surface area contributed by atoms with Gasteiger partial charge in [-0.3, -0.25) is 24.9 Å². The van der Waals surface area contributed by atoms with Crippen LogP contribution >= 0.6 is 0 Å². The van der Waals surface area contributed by atoms with Crippen molar-refractivity contribution in [2.75, 3.05) is 11.9 Å². The molecule has 1 aromatic heterocycles. The largest absolute Gasteiger partial charge is 0.326 e. The zero-order valence-corrected chi connectivity index (χ0v) is 16.6. The van der Waals surface area contributed by atoms with Crippen molar-refractivity contribution in [2.45, 2.75) is 45.6 Å². The Kier molecular flexibility index (Phi) is 6.58. The molecule has 1 aromatic carbocycles. The first-order chi connectivity index (χ1) is 13.9. The number of benzene rings is 1. The molecule has 1 fully saturated rings. The van der Waals surface area contributed by atoms with Gasteiger partial charge in [-0.15, -0.1) is 5.10 Å². The van der Waals surface area contributed by atoms with Crippen LogP contribution in [-0.4, -0.2) is 50.5 Å². The summed E-state index contributed by atoms with van der Waals surface area (Å²) in [5.74, 6) is 0.758. The van der Waals surface area contributed by atoms with Crippen molar-refractivity contribution in [3.63, 3.8) is 0 Å². The number of nitrogens with one attached hydrogen (secondary N) is 3. The number of amides is 4. The molecule has 0 saturated carbocycles. The first-order valence-corrected chi connectivity index (χ1v) is 9.79. The third-order valence-corrected chi connectivity index (χ3v) is 4.62. The summed E-state index contributed by atoms with van der Waals surface area (Å²) in [6.07, 6.45) is 1.64. The predicted molar refractivity (Wildman–Crippen MR) is 107 cm³/mol. The Balaban J connectivity index is 1.45. The summed E-state index contributed by atoms with van der Waals surface area (Å²) in [6, 6.07) is 8.57. The molecule has 9 nitrogen and oxygen atoms in total. The summed E-state index contributed by atoms with van der Waals surface area (Å²) in [7, 11) is 0. The van der Waals surface area contributed by atoms with Gasteiger partial charge in [0, 0.05) is 19.4 Å². The van der Waals surface area contributed by atoms with Gasteiger partial charge >= 0.3 is 6.03 Å². The van der Waals surface area contributed by atoms with E-state index in [2.05, 4.69) is 39.7 Å². The number of aromatic amines is 1. The van der Waals surface area contributed by atoms with Gasteiger partial charge in [0.2, 0.25) is 11.9 Å². The van der Waals surface area contributed by atoms with Crippen LogP contribution in [0.5, 0.6) is 0 Å². The molecule has 0 radical (unpaired) electrons. The molecule has 29 heavy (non-hydrogen) atoms. The zero-order valence-electron chi connectivity index (χ0n) is 16.6. The van der Waals surface area contributed by atoms with E-state index in [1.54, 1.807) is 0 Å². The van der Waals surface area contributed by atoms with E-state index >= 15 is 0 Å². The van der Waals surface area contributed by atoms with E-state index in [0.717, 1.165) is 12.0 Å². The highest BCUT2D eigenvalue weighted by Gasteiger charge is 2.37. The van der Waals surface area contributed by atoms with Crippen LogP contribution in [0, 0.1) is 5.92 Å². The smallest absolute Gasteiger partial charge is 0.324 e. The summed E-state index contributed by atoms with van der Waals surface area (Å²) in [5.41, 5.74) is 1.05. The van der Waals surface area contributed by atoms with E-state index in [4.69, 9.17) is 0 Å². The minimum absolute atomic E-state index is 0.0806. The Labute approximate surface area is 169 Å². The number of rotatable bonds is 9. The minimum atomic E-state index is -0.687. The first-order valence-electron chi connectivity index (χ1n) is 9.79. The average Bonchev–Trinajstić information content (AvgIpc) is 3.22. The number of nitrogens with zero attached hydrogens (tertiary/aromatic N) is 3. The van der Waals surface area contributed by atoms with Crippen molar-refractivity contribution in [1.29, 1.82) is 0 Å².